The lowest BCUT2D eigenvalue weighted by molar-refractivity contribution is -0.123. The van der Waals surface area contributed by atoms with Crippen molar-refractivity contribution in [3.05, 3.63) is 24.3 Å². The first-order chi connectivity index (χ1) is 9.56. The van der Waals surface area contributed by atoms with Gasteiger partial charge in [0.25, 0.3) is 0 Å². The highest BCUT2D eigenvalue weighted by atomic mass is 16.5. The number of benzene rings is 1. The summed E-state index contributed by atoms with van der Waals surface area (Å²) in [5, 5.41) is 8.63. The van der Waals surface area contributed by atoms with Crippen LogP contribution in [0.4, 0.5) is 11.4 Å². The molecule has 0 saturated carbocycles. The van der Waals surface area contributed by atoms with Gasteiger partial charge >= 0.3 is 0 Å². The quantitative estimate of drug-likeness (QED) is 0.769. The summed E-state index contributed by atoms with van der Waals surface area (Å²) in [5.74, 6) is -0.247. The summed E-state index contributed by atoms with van der Waals surface area (Å²) in [7, 11) is 0. The third-order valence-corrected chi connectivity index (χ3v) is 3.07. The number of nitrogens with one attached hydrogen (secondary N) is 3. The van der Waals surface area contributed by atoms with E-state index in [1.54, 1.807) is 24.3 Å². The van der Waals surface area contributed by atoms with Crippen LogP contribution in [0, 0.1) is 0 Å². The monoisotopic (exact) mass is 277 g/mol. The van der Waals surface area contributed by atoms with Crippen molar-refractivity contribution in [3.8, 4) is 0 Å². The molecule has 6 nitrogen and oxygen atoms in total. The first-order valence-electron chi connectivity index (χ1n) is 6.60. The van der Waals surface area contributed by atoms with E-state index in [1.165, 1.54) is 6.92 Å². The fourth-order valence-electron chi connectivity index (χ4n) is 2.09. The summed E-state index contributed by atoms with van der Waals surface area (Å²) in [5.41, 5.74) is 1.38. The van der Waals surface area contributed by atoms with Gasteiger partial charge in [0.1, 0.15) is 6.04 Å². The number of ether oxygens (including phenoxy) is 1. The third-order valence-electron chi connectivity index (χ3n) is 3.07. The van der Waals surface area contributed by atoms with Crippen LogP contribution in [0.25, 0.3) is 0 Å². The average molecular weight is 277 g/mol. The van der Waals surface area contributed by atoms with Gasteiger partial charge in [-0.15, -0.1) is 0 Å². The molecule has 1 saturated heterocycles. The van der Waals surface area contributed by atoms with Gasteiger partial charge in [-0.1, -0.05) is 0 Å². The summed E-state index contributed by atoms with van der Waals surface area (Å²) in [6, 6.07) is 6.63. The number of rotatable bonds is 3. The van der Waals surface area contributed by atoms with Gasteiger partial charge in [0.2, 0.25) is 11.8 Å². The zero-order valence-corrected chi connectivity index (χ0v) is 11.6. The first-order valence-corrected chi connectivity index (χ1v) is 6.60. The van der Waals surface area contributed by atoms with Gasteiger partial charge in [-0.2, -0.15) is 0 Å². The van der Waals surface area contributed by atoms with Gasteiger partial charge in [0.05, 0.1) is 12.7 Å². The minimum atomic E-state index is -0.348. The van der Waals surface area contributed by atoms with Gasteiger partial charge in [0.15, 0.2) is 0 Å². The fourth-order valence-corrected chi connectivity index (χ4v) is 2.09. The molecule has 0 unspecified atom stereocenters. The largest absolute Gasteiger partial charge is 0.375 e. The Hall–Kier alpha value is -1.92. The summed E-state index contributed by atoms with van der Waals surface area (Å²) in [6.07, 6.45) is -0.151. The molecule has 2 atom stereocenters. The Bertz CT molecular complexity index is 487. The predicted molar refractivity (Wildman–Crippen MR) is 76.6 cm³/mol. The van der Waals surface area contributed by atoms with Crippen molar-refractivity contribution in [3.63, 3.8) is 0 Å². The van der Waals surface area contributed by atoms with E-state index in [1.807, 2.05) is 6.92 Å². The lowest BCUT2D eigenvalue weighted by Crippen LogP contribution is -2.53. The van der Waals surface area contributed by atoms with Gasteiger partial charge in [0, 0.05) is 24.8 Å². The molecule has 1 aromatic rings. The second kappa shape index (κ2) is 6.49. The molecule has 0 aromatic heterocycles. The summed E-state index contributed by atoms with van der Waals surface area (Å²) >= 11 is 0. The van der Waals surface area contributed by atoms with E-state index in [9.17, 15) is 9.59 Å². The number of hydrogen-bond donors (Lipinski definition) is 3. The molecule has 2 amide bonds. The van der Waals surface area contributed by atoms with Gasteiger partial charge in [-0.25, -0.2) is 0 Å². The van der Waals surface area contributed by atoms with E-state index in [2.05, 4.69) is 16.0 Å². The molecule has 0 spiro atoms. The molecule has 1 fully saturated rings. The predicted octanol–water partition coefficient (Wildman–Crippen LogP) is 0.960. The number of amides is 2. The van der Waals surface area contributed by atoms with E-state index >= 15 is 0 Å². The van der Waals surface area contributed by atoms with Gasteiger partial charge in [-0.3, -0.25) is 9.59 Å². The first kappa shape index (κ1) is 14.5. The van der Waals surface area contributed by atoms with Crippen molar-refractivity contribution >= 4 is 23.2 Å². The maximum Gasteiger partial charge on any atom is 0.244 e. The molecule has 108 valence electrons. The number of anilines is 2. The molecule has 20 heavy (non-hydrogen) atoms. The van der Waals surface area contributed by atoms with Crippen LogP contribution >= 0.6 is 0 Å². The second-order valence-corrected chi connectivity index (χ2v) is 4.76. The summed E-state index contributed by atoms with van der Waals surface area (Å²) in [4.78, 5) is 23.0. The Balaban J connectivity index is 1.95. The molecule has 6 heteroatoms. The Labute approximate surface area is 117 Å². The molecule has 1 heterocycles. The molecular formula is C14H19N3O3. The SMILES string of the molecule is CC(=O)Nc1ccc(NC(=O)[C@H]2NCCO[C@@H]2C)cc1. The highest BCUT2D eigenvalue weighted by Gasteiger charge is 2.28. The Morgan fingerprint density at radius 1 is 1.20 bits per heavy atom. The van der Waals surface area contributed by atoms with Crippen LogP contribution in [0.2, 0.25) is 0 Å². The topological polar surface area (TPSA) is 79.5 Å². The van der Waals surface area contributed by atoms with Crippen molar-refractivity contribution in [1.82, 2.24) is 5.32 Å². The van der Waals surface area contributed by atoms with Crippen molar-refractivity contribution < 1.29 is 14.3 Å². The van der Waals surface area contributed by atoms with E-state index in [0.29, 0.717) is 24.5 Å². The standard InChI is InChI=1S/C14H19N3O3/c1-9-13(15-7-8-20-9)14(19)17-12-5-3-11(4-6-12)16-10(2)18/h3-6,9,13,15H,7-8H2,1-2H3,(H,16,18)(H,17,19)/t9-,13+/m1/s1. The Kier molecular flexibility index (Phi) is 4.70. The van der Waals surface area contributed by atoms with Crippen LogP contribution in [-0.2, 0) is 14.3 Å². The molecule has 1 aromatic carbocycles. The normalized spacial score (nSPS) is 22.1. The van der Waals surface area contributed by atoms with E-state index in [4.69, 9.17) is 4.74 Å². The van der Waals surface area contributed by atoms with Gasteiger partial charge in [-0.05, 0) is 31.2 Å². The van der Waals surface area contributed by atoms with E-state index in [0.717, 1.165) is 0 Å². The highest BCUT2D eigenvalue weighted by Crippen LogP contribution is 2.14. The number of carbonyl (C=O) groups excluding carboxylic acids is 2. The molecule has 3 N–H and O–H groups in total. The lowest BCUT2D eigenvalue weighted by Gasteiger charge is -2.29. The van der Waals surface area contributed by atoms with Crippen LogP contribution in [0.1, 0.15) is 13.8 Å². The summed E-state index contributed by atoms with van der Waals surface area (Å²) in [6.45, 7) is 4.61. The minimum Gasteiger partial charge on any atom is -0.375 e. The van der Waals surface area contributed by atoms with Gasteiger partial charge < -0.3 is 20.7 Å². The summed E-state index contributed by atoms with van der Waals surface area (Å²) < 4.78 is 5.44. The van der Waals surface area contributed by atoms with Crippen molar-refractivity contribution in [2.75, 3.05) is 23.8 Å². The molecule has 0 radical (unpaired) electrons. The molecule has 0 bridgehead atoms. The Morgan fingerprint density at radius 2 is 1.80 bits per heavy atom. The number of morpholine rings is 1. The second-order valence-electron chi connectivity index (χ2n) is 4.76. The molecule has 1 aliphatic rings. The van der Waals surface area contributed by atoms with Crippen LogP contribution in [0.3, 0.4) is 0 Å². The van der Waals surface area contributed by atoms with E-state index in [-0.39, 0.29) is 24.0 Å². The van der Waals surface area contributed by atoms with Crippen molar-refractivity contribution in [1.29, 1.82) is 0 Å². The maximum absolute atomic E-state index is 12.1. The zero-order valence-electron chi connectivity index (χ0n) is 11.6. The molecular weight excluding hydrogens is 258 g/mol. The fraction of sp³-hybridized carbons (Fsp3) is 0.429. The minimum absolute atomic E-state index is 0.121. The third kappa shape index (κ3) is 3.79. The molecule has 2 rings (SSSR count). The lowest BCUT2D eigenvalue weighted by atomic mass is 10.1. The molecule has 1 aliphatic heterocycles. The number of carbonyl (C=O) groups is 2. The van der Waals surface area contributed by atoms with Crippen LogP contribution in [0.15, 0.2) is 24.3 Å². The number of hydrogen-bond acceptors (Lipinski definition) is 4. The van der Waals surface area contributed by atoms with Crippen LogP contribution < -0.4 is 16.0 Å². The van der Waals surface area contributed by atoms with Crippen molar-refractivity contribution in [2.24, 2.45) is 0 Å². The Morgan fingerprint density at radius 3 is 2.35 bits per heavy atom. The maximum atomic E-state index is 12.1. The van der Waals surface area contributed by atoms with Crippen LogP contribution in [-0.4, -0.2) is 37.1 Å². The zero-order chi connectivity index (χ0) is 14.5. The van der Waals surface area contributed by atoms with Crippen molar-refractivity contribution in [2.45, 2.75) is 26.0 Å². The highest BCUT2D eigenvalue weighted by molar-refractivity contribution is 5.95. The smallest absolute Gasteiger partial charge is 0.244 e. The van der Waals surface area contributed by atoms with Crippen LogP contribution in [0.5, 0.6) is 0 Å². The molecule has 0 aliphatic carbocycles. The average Bonchev–Trinajstić information content (AvgIpc) is 2.41. The van der Waals surface area contributed by atoms with E-state index < -0.39 is 0 Å².